The molecule has 0 saturated carbocycles. The monoisotopic (exact) mass is 368 g/mol. The van der Waals surface area contributed by atoms with Gasteiger partial charge in [0.2, 0.25) is 0 Å². The van der Waals surface area contributed by atoms with Crippen LogP contribution in [0.1, 0.15) is 27.8 Å². The van der Waals surface area contributed by atoms with Crippen molar-refractivity contribution in [2.75, 3.05) is 50.4 Å². The van der Waals surface area contributed by atoms with Crippen LogP contribution < -0.4 is 10.6 Å². The van der Waals surface area contributed by atoms with Crippen LogP contribution in [0.25, 0.3) is 0 Å². The number of carbonyl (C=O) groups is 2. The lowest BCUT2D eigenvalue weighted by atomic mass is 10.2. The van der Waals surface area contributed by atoms with E-state index in [0.29, 0.717) is 49.7 Å². The molecule has 0 unspecified atom stereocenters. The van der Waals surface area contributed by atoms with Gasteiger partial charge in [0.25, 0.3) is 11.8 Å². The van der Waals surface area contributed by atoms with Crippen LogP contribution in [-0.2, 0) is 0 Å². The Kier molecular flexibility index (Phi) is 5.54. The van der Waals surface area contributed by atoms with Gasteiger partial charge in [-0.1, -0.05) is 0 Å². The average molecular weight is 368 g/mol. The van der Waals surface area contributed by atoms with E-state index in [1.807, 2.05) is 13.0 Å². The van der Waals surface area contributed by atoms with E-state index >= 15 is 0 Å². The number of nitrogen functional groups attached to an aromatic ring is 1. The molecule has 27 heavy (non-hydrogen) atoms. The van der Waals surface area contributed by atoms with Gasteiger partial charge >= 0.3 is 0 Å². The molecular formula is C19H24N6O2. The first-order valence-electron chi connectivity index (χ1n) is 8.97. The molecule has 1 aliphatic rings. The smallest absolute Gasteiger partial charge is 0.272 e. The fraction of sp³-hybridized carbons (Fsp3) is 0.368. The molecule has 0 atom stereocenters. The SMILES string of the molecule is CCN(C)C(=O)c1ccc(C(=O)N2CCN(c3ncccc3N)CC2)nc1. The number of rotatable bonds is 4. The summed E-state index contributed by atoms with van der Waals surface area (Å²) in [6, 6.07) is 6.89. The lowest BCUT2D eigenvalue weighted by Gasteiger charge is -2.35. The highest BCUT2D eigenvalue weighted by molar-refractivity contribution is 5.96. The van der Waals surface area contributed by atoms with E-state index in [1.54, 1.807) is 41.2 Å². The summed E-state index contributed by atoms with van der Waals surface area (Å²) in [6.07, 6.45) is 3.18. The van der Waals surface area contributed by atoms with E-state index in [4.69, 9.17) is 5.73 Å². The Morgan fingerprint density at radius 1 is 1.15 bits per heavy atom. The van der Waals surface area contributed by atoms with Crippen molar-refractivity contribution in [3.63, 3.8) is 0 Å². The molecule has 8 nitrogen and oxygen atoms in total. The molecule has 2 aromatic heterocycles. The summed E-state index contributed by atoms with van der Waals surface area (Å²) in [5, 5.41) is 0. The predicted octanol–water partition coefficient (Wildman–Crippen LogP) is 1.11. The van der Waals surface area contributed by atoms with Gasteiger partial charge in [-0.2, -0.15) is 0 Å². The largest absolute Gasteiger partial charge is 0.396 e. The summed E-state index contributed by atoms with van der Waals surface area (Å²) in [5.41, 5.74) is 7.44. The molecular weight excluding hydrogens is 344 g/mol. The highest BCUT2D eigenvalue weighted by Gasteiger charge is 2.24. The molecule has 142 valence electrons. The Labute approximate surface area is 158 Å². The summed E-state index contributed by atoms with van der Waals surface area (Å²) in [6.45, 7) is 4.97. The quantitative estimate of drug-likeness (QED) is 0.869. The van der Waals surface area contributed by atoms with Gasteiger partial charge in [0.1, 0.15) is 5.69 Å². The second-order valence-corrected chi connectivity index (χ2v) is 6.45. The van der Waals surface area contributed by atoms with Gasteiger partial charge in [0, 0.05) is 52.2 Å². The molecule has 0 spiro atoms. The molecule has 1 fully saturated rings. The number of amides is 2. The minimum atomic E-state index is -0.133. The predicted molar refractivity (Wildman–Crippen MR) is 104 cm³/mol. The second kappa shape index (κ2) is 8.03. The highest BCUT2D eigenvalue weighted by atomic mass is 16.2. The van der Waals surface area contributed by atoms with Crippen LogP contribution in [0.15, 0.2) is 36.7 Å². The van der Waals surface area contributed by atoms with Crippen molar-refractivity contribution in [1.29, 1.82) is 0 Å². The number of carbonyl (C=O) groups excluding carboxylic acids is 2. The van der Waals surface area contributed by atoms with Crippen molar-refractivity contribution in [2.24, 2.45) is 0 Å². The Bertz CT molecular complexity index is 815. The van der Waals surface area contributed by atoms with Gasteiger partial charge in [-0.05, 0) is 31.2 Å². The van der Waals surface area contributed by atoms with Gasteiger partial charge in [-0.25, -0.2) is 4.98 Å². The molecule has 1 aliphatic heterocycles. The maximum Gasteiger partial charge on any atom is 0.272 e. The van der Waals surface area contributed by atoms with Crippen LogP contribution in [0.5, 0.6) is 0 Å². The van der Waals surface area contributed by atoms with E-state index in [1.165, 1.54) is 6.20 Å². The molecule has 3 rings (SSSR count). The molecule has 0 aromatic carbocycles. The molecule has 0 radical (unpaired) electrons. The lowest BCUT2D eigenvalue weighted by Crippen LogP contribution is -2.49. The summed E-state index contributed by atoms with van der Waals surface area (Å²) in [4.78, 5) is 38.8. The number of nitrogens with two attached hydrogens (primary N) is 1. The van der Waals surface area contributed by atoms with Gasteiger partial charge in [0.05, 0.1) is 11.3 Å². The fourth-order valence-electron chi connectivity index (χ4n) is 2.97. The van der Waals surface area contributed by atoms with Crippen LogP contribution in [0, 0.1) is 0 Å². The van der Waals surface area contributed by atoms with Crippen molar-refractivity contribution >= 4 is 23.3 Å². The van der Waals surface area contributed by atoms with Crippen molar-refractivity contribution in [3.05, 3.63) is 47.9 Å². The van der Waals surface area contributed by atoms with Crippen LogP contribution in [0.2, 0.25) is 0 Å². The van der Waals surface area contributed by atoms with Gasteiger partial charge < -0.3 is 20.4 Å². The maximum absolute atomic E-state index is 12.7. The molecule has 1 saturated heterocycles. The minimum Gasteiger partial charge on any atom is -0.396 e. The van der Waals surface area contributed by atoms with Crippen molar-refractivity contribution in [2.45, 2.75) is 6.92 Å². The van der Waals surface area contributed by atoms with Crippen LogP contribution in [0.3, 0.4) is 0 Å². The molecule has 0 bridgehead atoms. The molecule has 2 aromatic rings. The maximum atomic E-state index is 12.7. The topological polar surface area (TPSA) is 95.7 Å². The van der Waals surface area contributed by atoms with Gasteiger partial charge in [0.15, 0.2) is 5.82 Å². The fourth-order valence-corrected chi connectivity index (χ4v) is 2.97. The van der Waals surface area contributed by atoms with Crippen LogP contribution >= 0.6 is 0 Å². The number of nitrogens with zero attached hydrogens (tertiary/aromatic N) is 5. The van der Waals surface area contributed by atoms with Crippen LogP contribution in [-0.4, -0.2) is 71.4 Å². The third-order valence-electron chi connectivity index (χ3n) is 4.73. The Balaban J connectivity index is 1.62. The number of piperazine rings is 1. The third kappa shape index (κ3) is 3.99. The summed E-state index contributed by atoms with van der Waals surface area (Å²) < 4.78 is 0. The molecule has 2 N–H and O–H groups in total. The number of aromatic nitrogens is 2. The first-order valence-corrected chi connectivity index (χ1v) is 8.97. The average Bonchev–Trinajstić information content (AvgIpc) is 2.73. The molecule has 3 heterocycles. The van der Waals surface area contributed by atoms with Crippen LogP contribution in [0.4, 0.5) is 11.5 Å². The first-order chi connectivity index (χ1) is 13.0. The normalized spacial score (nSPS) is 14.1. The zero-order valence-electron chi connectivity index (χ0n) is 15.6. The number of hydrogen-bond acceptors (Lipinski definition) is 6. The van der Waals surface area contributed by atoms with Crippen molar-refractivity contribution in [3.8, 4) is 0 Å². The standard InChI is InChI=1S/C19H24N6O2/c1-3-23(2)18(26)14-6-7-16(22-13-14)19(27)25-11-9-24(10-12-25)17-15(20)5-4-8-21-17/h4-8,13H,3,9-12,20H2,1-2H3. The Hall–Kier alpha value is -3.16. The van der Waals surface area contributed by atoms with Crippen molar-refractivity contribution in [1.82, 2.24) is 19.8 Å². The van der Waals surface area contributed by atoms with Crippen molar-refractivity contribution < 1.29 is 9.59 Å². The number of hydrogen-bond donors (Lipinski definition) is 1. The Morgan fingerprint density at radius 2 is 1.89 bits per heavy atom. The molecule has 0 aliphatic carbocycles. The summed E-state index contributed by atoms with van der Waals surface area (Å²) in [7, 11) is 1.73. The summed E-state index contributed by atoms with van der Waals surface area (Å²) >= 11 is 0. The molecule has 8 heteroatoms. The van der Waals surface area contributed by atoms with E-state index in [0.717, 1.165) is 5.82 Å². The van der Waals surface area contributed by atoms with E-state index < -0.39 is 0 Å². The summed E-state index contributed by atoms with van der Waals surface area (Å²) in [5.74, 6) is 0.516. The third-order valence-corrected chi connectivity index (χ3v) is 4.73. The minimum absolute atomic E-state index is 0.106. The van der Waals surface area contributed by atoms with E-state index in [9.17, 15) is 9.59 Å². The van der Waals surface area contributed by atoms with E-state index in [-0.39, 0.29) is 11.8 Å². The second-order valence-electron chi connectivity index (χ2n) is 6.45. The van der Waals surface area contributed by atoms with Gasteiger partial charge in [-0.15, -0.1) is 0 Å². The highest BCUT2D eigenvalue weighted by Crippen LogP contribution is 2.21. The zero-order valence-corrected chi connectivity index (χ0v) is 15.6. The first kappa shape index (κ1) is 18.6. The Morgan fingerprint density at radius 3 is 2.48 bits per heavy atom. The zero-order chi connectivity index (χ0) is 19.4. The molecule has 2 amide bonds. The number of anilines is 2. The van der Waals surface area contributed by atoms with Gasteiger partial charge in [-0.3, -0.25) is 14.6 Å². The van der Waals surface area contributed by atoms with E-state index in [2.05, 4.69) is 14.9 Å². The lowest BCUT2D eigenvalue weighted by molar-refractivity contribution is 0.0738. The number of pyridine rings is 2.